The third kappa shape index (κ3) is 4.45. The summed E-state index contributed by atoms with van der Waals surface area (Å²) < 4.78 is 25.0. The summed E-state index contributed by atoms with van der Waals surface area (Å²) in [6.07, 6.45) is 0. The Hall–Kier alpha value is -2.40. The van der Waals surface area contributed by atoms with Crippen LogP contribution < -0.4 is 10.9 Å². The van der Waals surface area contributed by atoms with Crippen LogP contribution in [0, 0.1) is 13.8 Å². The molecule has 1 atom stereocenters. The van der Waals surface area contributed by atoms with Crippen molar-refractivity contribution >= 4 is 24.2 Å². The lowest BCUT2D eigenvalue weighted by Gasteiger charge is -2.29. The van der Waals surface area contributed by atoms with Crippen LogP contribution in [0.1, 0.15) is 36.3 Å². The molecule has 3 aromatic rings. The van der Waals surface area contributed by atoms with E-state index in [2.05, 4.69) is 10.3 Å². The average Bonchev–Trinajstić information content (AvgIpc) is 2.68. The molecule has 0 aliphatic heterocycles. The van der Waals surface area contributed by atoms with Gasteiger partial charge in [-0.15, -0.1) is 0 Å². The number of fused-ring (bicyclic) bond motifs is 1. The smallest absolute Gasteiger partial charge is 0.357 e. The van der Waals surface area contributed by atoms with Gasteiger partial charge in [-0.2, -0.15) is 0 Å². The molecule has 0 aliphatic carbocycles. The number of aryl methyl sites for hydroxylation is 2. The highest BCUT2D eigenvalue weighted by molar-refractivity contribution is 7.54. The Morgan fingerprint density at radius 3 is 2.24 bits per heavy atom. The first kappa shape index (κ1) is 21.3. The number of aromatic amines is 1. The number of H-pyrrole nitrogens is 1. The van der Waals surface area contributed by atoms with E-state index < -0.39 is 13.4 Å². The van der Waals surface area contributed by atoms with E-state index in [0.29, 0.717) is 5.56 Å². The standard InChI is InChI=1S/C22H27N2O4P/c1-5-27-29(26,28-6-2)22(24-20-15(3)10-9-11-16(20)4)18-14-17-12-7-8-13-19(17)23-21(18)25/h7-14,22,24H,5-6H2,1-4H3,(H,23,25). The summed E-state index contributed by atoms with van der Waals surface area (Å²) in [4.78, 5) is 15.8. The fourth-order valence-electron chi connectivity index (χ4n) is 3.42. The number of anilines is 1. The number of para-hydroxylation sites is 2. The zero-order chi connectivity index (χ0) is 21.0. The molecule has 3 rings (SSSR count). The lowest BCUT2D eigenvalue weighted by Crippen LogP contribution is -2.24. The molecular formula is C22H27N2O4P. The second-order valence-electron chi connectivity index (χ2n) is 6.83. The highest BCUT2D eigenvalue weighted by Crippen LogP contribution is 2.60. The molecule has 2 N–H and O–H groups in total. The molecule has 0 radical (unpaired) electrons. The Morgan fingerprint density at radius 2 is 1.62 bits per heavy atom. The van der Waals surface area contributed by atoms with E-state index in [4.69, 9.17) is 9.05 Å². The second kappa shape index (κ2) is 8.95. The third-order valence-corrected chi connectivity index (χ3v) is 7.05. The van der Waals surface area contributed by atoms with Crippen molar-refractivity contribution in [2.75, 3.05) is 18.5 Å². The van der Waals surface area contributed by atoms with Gasteiger partial charge in [0.2, 0.25) is 0 Å². The van der Waals surface area contributed by atoms with Gasteiger partial charge < -0.3 is 19.3 Å². The zero-order valence-corrected chi connectivity index (χ0v) is 18.1. The maximum absolute atomic E-state index is 13.8. The lowest BCUT2D eigenvalue weighted by atomic mass is 10.1. The third-order valence-electron chi connectivity index (χ3n) is 4.77. The van der Waals surface area contributed by atoms with Crippen molar-refractivity contribution in [1.29, 1.82) is 0 Å². The summed E-state index contributed by atoms with van der Waals surface area (Å²) in [5, 5.41) is 4.16. The highest BCUT2D eigenvalue weighted by Gasteiger charge is 2.39. The quantitative estimate of drug-likeness (QED) is 0.474. The van der Waals surface area contributed by atoms with Crippen molar-refractivity contribution in [3.8, 4) is 0 Å². The first-order valence-electron chi connectivity index (χ1n) is 9.73. The lowest BCUT2D eigenvalue weighted by molar-refractivity contribution is 0.214. The molecule has 29 heavy (non-hydrogen) atoms. The summed E-state index contributed by atoms with van der Waals surface area (Å²) in [5.74, 6) is -0.949. The Kier molecular flexibility index (Phi) is 6.58. The minimum atomic E-state index is -3.69. The van der Waals surface area contributed by atoms with Gasteiger partial charge in [-0.1, -0.05) is 36.4 Å². The van der Waals surface area contributed by atoms with Crippen LogP contribution in [0.2, 0.25) is 0 Å². The van der Waals surface area contributed by atoms with E-state index in [9.17, 15) is 9.36 Å². The molecule has 6 nitrogen and oxygen atoms in total. The molecule has 0 spiro atoms. The molecule has 0 amide bonds. The molecule has 1 heterocycles. The molecule has 0 fully saturated rings. The Labute approximate surface area is 170 Å². The van der Waals surface area contributed by atoms with Crippen molar-refractivity contribution in [3.63, 3.8) is 0 Å². The van der Waals surface area contributed by atoms with Gasteiger partial charge in [0, 0.05) is 11.2 Å². The van der Waals surface area contributed by atoms with E-state index in [1.54, 1.807) is 19.9 Å². The number of pyridine rings is 1. The monoisotopic (exact) mass is 414 g/mol. The Morgan fingerprint density at radius 1 is 1.00 bits per heavy atom. The molecule has 0 saturated carbocycles. The van der Waals surface area contributed by atoms with Crippen LogP contribution in [-0.4, -0.2) is 18.2 Å². The second-order valence-corrected chi connectivity index (χ2v) is 8.94. The molecule has 0 bridgehead atoms. The van der Waals surface area contributed by atoms with E-state index in [1.807, 2.05) is 56.3 Å². The Balaban J connectivity index is 2.21. The maximum atomic E-state index is 13.8. The first-order valence-corrected chi connectivity index (χ1v) is 11.3. The molecule has 1 aromatic heterocycles. The van der Waals surface area contributed by atoms with Crippen molar-refractivity contribution in [2.45, 2.75) is 33.5 Å². The van der Waals surface area contributed by atoms with E-state index in [0.717, 1.165) is 27.7 Å². The fourth-order valence-corrected chi connectivity index (χ4v) is 5.33. The first-order chi connectivity index (χ1) is 13.9. The molecule has 154 valence electrons. The van der Waals surface area contributed by atoms with Crippen LogP contribution >= 0.6 is 7.60 Å². The molecule has 7 heteroatoms. The average molecular weight is 414 g/mol. The predicted octanol–water partition coefficient (Wildman–Crippen LogP) is 5.52. The van der Waals surface area contributed by atoms with Gasteiger partial charge >= 0.3 is 7.60 Å². The predicted molar refractivity (Wildman–Crippen MR) is 118 cm³/mol. The minimum Gasteiger partial charge on any atom is -0.367 e. The molecular weight excluding hydrogens is 387 g/mol. The zero-order valence-electron chi connectivity index (χ0n) is 17.2. The van der Waals surface area contributed by atoms with Crippen molar-refractivity contribution < 1.29 is 13.6 Å². The Bertz CT molecular complexity index is 1080. The number of benzene rings is 2. The molecule has 0 aliphatic rings. The summed E-state index contributed by atoms with van der Waals surface area (Å²) in [7, 11) is -3.69. The molecule has 2 aromatic carbocycles. The van der Waals surface area contributed by atoms with E-state index in [-0.39, 0.29) is 18.8 Å². The van der Waals surface area contributed by atoms with Crippen LogP contribution in [0.5, 0.6) is 0 Å². The number of nitrogens with one attached hydrogen (secondary N) is 2. The number of hydrogen-bond acceptors (Lipinski definition) is 5. The van der Waals surface area contributed by atoms with E-state index in [1.165, 1.54) is 0 Å². The largest absolute Gasteiger partial charge is 0.367 e. The van der Waals surface area contributed by atoms with Crippen LogP contribution in [0.25, 0.3) is 10.9 Å². The van der Waals surface area contributed by atoms with Gasteiger partial charge in [-0.3, -0.25) is 9.36 Å². The summed E-state index contributed by atoms with van der Waals surface area (Å²) in [5.41, 5.74) is 3.47. The van der Waals surface area contributed by atoms with Crippen molar-refractivity contribution in [3.05, 3.63) is 75.6 Å². The van der Waals surface area contributed by atoms with Crippen molar-refractivity contribution in [1.82, 2.24) is 4.98 Å². The van der Waals surface area contributed by atoms with Gasteiger partial charge in [0.15, 0.2) is 5.78 Å². The fraction of sp³-hybridized carbons (Fsp3) is 0.318. The van der Waals surface area contributed by atoms with Crippen molar-refractivity contribution in [2.24, 2.45) is 0 Å². The highest BCUT2D eigenvalue weighted by atomic mass is 31.2. The molecule has 0 saturated heterocycles. The van der Waals surface area contributed by atoms with Gasteiger partial charge in [-0.05, 0) is 56.3 Å². The number of aromatic nitrogens is 1. The maximum Gasteiger partial charge on any atom is 0.357 e. The normalized spacial score (nSPS) is 12.8. The van der Waals surface area contributed by atoms with Crippen LogP contribution in [0.15, 0.2) is 53.3 Å². The molecule has 1 unspecified atom stereocenters. The SMILES string of the molecule is CCOP(=O)(OCC)C(Nc1c(C)cccc1C)c1cc2ccccc2[nH]c1=O. The van der Waals surface area contributed by atoms with Gasteiger partial charge in [0.1, 0.15) is 0 Å². The number of rotatable bonds is 8. The van der Waals surface area contributed by atoms with Crippen LogP contribution in [-0.2, 0) is 13.6 Å². The van der Waals surface area contributed by atoms with E-state index >= 15 is 0 Å². The van der Waals surface area contributed by atoms with Crippen LogP contribution in [0.4, 0.5) is 5.69 Å². The topological polar surface area (TPSA) is 80.4 Å². The summed E-state index contributed by atoms with van der Waals surface area (Å²) in [6.45, 7) is 7.84. The van der Waals surface area contributed by atoms with Crippen LogP contribution in [0.3, 0.4) is 0 Å². The van der Waals surface area contributed by atoms with Gasteiger partial charge in [0.25, 0.3) is 5.56 Å². The van der Waals surface area contributed by atoms with Gasteiger partial charge in [-0.25, -0.2) is 0 Å². The minimum absolute atomic E-state index is 0.202. The van der Waals surface area contributed by atoms with Gasteiger partial charge in [0.05, 0.1) is 18.8 Å². The summed E-state index contributed by atoms with van der Waals surface area (Å²) in [6, 6.07) is 15.1. The number of hydrogen-bond donors (Lipinski definition) is 2. The summed E-state index contributed by atoms with van der Waals surface area (Å²) >= 11 is 0.